The molecule has 0 saturated heterocycles. The van der Waals surface area contributed by atoms with E-state index in [1.54, 1.807) is 17.8 Å². The minimum absolute atomic E-state index is 0.221. The Bertz CT molecular complexity index is 520. The molecule has 0 radical (unpaired) electrons. The molecule has 5 nitrogen and oxygen atoms in total. The Labute approximate surface area is 105 Å². The molecule has 94 valence electrons. The van der Waals surface area contributed by atoms with E-state index in [-0.39, 0.29) is 12.5 Å². The molecule has 0 bridgehead atoms. The molecule has 2 N–H and O–H groups in total. The molecule has 1 heterocycles. The Kier molecular flexibility index (Phi) is 3.74. The van der Waals surface area contributed by atoms with Crippen LogP contribution in [-0.4, -0.2) is 33.2 Å². The summed E-state index contributed by atoms with van der Waals surface area (Å²) >= 11 is 0. The number of carbonyl (C=O) groups is 1. The Morgan fingerprint density at radius 2 is 2.17 bits per heavy atom. The predicted molar refractivity (Wildman–Crippen MR) is 67.6 cm³/mol. The minimum Gasteiger partial charge on any atom is -0.392 e. The molecular formula is C13H15N3O2. The number of nitrogens with zero attached hydrogens (tertiary/aromatic N) is 2. The standard InChI is InChI=1S/C13H15N3O2/c1-10(17)7-15-13(18)12-8-14-9-16(12)11-5-3-2-4-6-11/h2-6,8-10,17H,7H2,1H3,(H,15,18)/t10-/m0/s1. The molecule has 0 unspecified atom stereocenters. The van der Waals surface area contributed by atoms with Gasteiger partial charge in [-0.2, -0.15) is 0 Å². The van der Waals surface area contributed by atoms with Gasteiger partial charge in [-0.25, -0.2) is 4.98 Å². The highest BCUT2D eigenvalue weighted by atomic mass is 16.3. The molecule has 0 spiro atoms. The van der Waals surface area contributed by atoms with Crippen LogP contribution in [0.4, 0.5) is 0 Å². The van der Waals surface area contributed by atoms with Gasteiger partial charge in [-0.3, -0.25) is 9.36 Å². The van der Waals surface area contributed by atoms with Crippen LogP contribution in [-0.2, 0) is 0 Å². The maximum absolute atomic E-state index is 11.9. The molecule has 0 saturated carbocycles. The lowest BCUT2D eigenvalue weighted by atomic mass is 10.3. The maximum Gasteiger partial charge on any atom is 0.270 e. The Balaban J connectivity index is 2.20. The molecular weight excluding hydrogens is 230 g/mol. The first-order valence-electron chi connectivity index (χ1n) is 5.72. The van der Waals surface area contributed by atoms with E-state index in [9.17, 15) is 4.79 Å². The Morgan fingerprint density at radius 1 is 1.44 bits per heavy atom. The quantitative estimate of drug-likeness (QED) is 0.844. The molecule has 1 aromatic heterocycles. The summed E-state index contributed by atoms with van der Waals surface area (Å²) < 4.78 is 1.71. The fraction of sp³-hybridized carbons (Fsp3) is 0.231. The van der Waals surface area contributed by atoms with E-state index < -0.39 is 6.10 Å². The molecule has 0 fully saturated rings. The number of imidazole rings is 1. The SMILES string of the molecule is C[C@H](O)CNC(=O)c1cncn1-c1ccccc1. The number of carbonyl (C=O) groups excluding carboxylic acids is 1. The van der Waals surface area contributed by atoms with Crippen LogP contribution >= 0.6 is 0 Å². The van der Waals surface area contributed by atoms with Gasteiger partial charge in [0.2, 0.25) is 0 Å². The molecule has 1 atom stereocenters. The molecule has 0 aliphatic rings. The van der Waals surface area contributed by atoms with Crippen LogP contribution in [0, 0.1) is 0 Å². The van der Waals surface area contributed by atoms with Crippen molar-refractivity contribution in [3.63, 3.8) is 0 Å². The molecule has 2 rings (SSSR count). The third kappa shape index (κ3) is 2.75. The number of amides is 1. The van der Waals surface area contributed by atoms with Gasteiger partial charge in [0, 0.05) is 12.2 Å². The Hall–Kier alpha value is -2.14. The fourth-order valence-electron chi connectivity index (χ4n) is 1.59. The van der Waals surface area contributed by atoms with Crippen LogP contribution in [0.25, 0.3) is 5.69 Å². The minimum atomic E-state index is -0.568. The fourth-order valence-corrected chi connectivity index (χ4v) is 1.59. The van der Waals surface area contributed by atoms with Gasteiger partial charge in [-0.15, -0.1) is 0 Å². The van der Waals surface area contributed by atoms with E-state index in [0.717, 1.165) is 5.69 Å². The van der Waals surface area contributed by atoms with Crippen LogP contribution in [0.3, 0.4) is 0 Å². The first kappa shape index (κ1) is 12.3. The average molecular weight is 245 g/mol. The molecule has 0 aliphatic heterocycles. The number of nitrogens with one attached hydrogen (secondary N) is 1. The third-order valence-electron chi connectivity index (χ3n) is 2.46. The smallest absolute Gasteiger partial charge is 0.270 e. The van der Waals surface area contributed by atoms with Gasteiger partial charge in [-0.1, -0.05) is 18.2 Å². The molecule has 0 aliphatic carbocycles. The first-order valence-corrected chi connectivity index (χ1v) is 5.72. The number of hydrogen-bond acceptors (Lipinski definition) is 3. The van der Waals surface area contributed by atoms with Gasteiger partial charge in [0.1, 0.15) is 5.69 Å². The van der Waals surface area contributed by atoms with Crippen LogP contribution < -0.4 is 5.32 Å². The lowest BCUT2D eigenvalue weighted by Crippen LogP contribution is -2.31. The lowest BCUT2D eigenvalue weighted by Gasteiger charge is -2.09. The topological polar surface area (TPSA) is 67.2 Å². The van der Waals surface area contributed by atoms with Gasteiger partial charge in [0.05, 0.1) is 18.6 Å². The first-order chi connectivity index (χ1) is 8.68. The summed E-state index contributed by atoms with van der Waals surface area (Å²) in [5.41, 5.74) is 1.32. The van der Waals surface area contributed by atoms with Crippen molar-refractivity contribution in [2.75, 3.05) is 6.54 Å². The van der Waals surface area contributed by atoms with Crippen molar-refractivity contribution in [2.24, 2.45) is 0 Å². The highest BCUT2D eigenvalue weighted by Crippen LogP contribution is 2.10. The average Bonchev–Trinajstić information content (AvgIpc) is 2.86. The molecule has 2 aromatic rings. The van der Waals surface area contributed by atoms with E-state index in [1.165, 1.54) is 6.20 Å². The molecule has 1 amide bonds. The monoisotopic (exact) mass is 245 g/mol. The zero-order chi connectivity index (χ0) is 13.0. The highest BCUT2D eigenvalue weighted by Gasteiger charge is 2.12. The van der Waals surface area contributed by atoms with Crippen molar-refractivity contribution in [1.82, 2.24) is 14.9 Å². The zero-order valence-corrected chi connectivity index (χ0v) is 10.1. The van der Waals surface area contributed by atoms with Crippen LogP contribution in [0.15, 0.2) is 42.9 Å². The van der Waals surface area contributed by atoms with Crippen molar-refractivity contribution in [3.05, 3.63) is 48.5 Å². The van der Waals surface area contributed by atoms with Crippen LogP contribution in [0.5, 0.6) is 0 Å². The van der Waals surface area contributed by atoms with Crippen molar-refractivity contribution < 1.29 is 9.90 Å². The number of benzene rings is 1. The molecule has 18 heavy (non-hydrogen) atoms. The summed E-state index contributed by atoms with van der Waals surface area (Å²) in [5, 5.41) is 11.8. The van der Waals surface area contributed by atoms with Crippen molar-refractivity contribution in [2.45, 2.75) is 13.0 Å². The number of rotatable bonds is 4. The summed E-state index contributed by atoms with van der Waals surface area (Å²) in [6, 6.07) is 9.49. The third-order valence-corrected chi connectivity index (χ3v) is 2.46. The maximum atomic E-state index is 11.9. The summed E-state index contributed by atoms with van der Waals surface area (Å²) in [6.45, 7) is 1.84. The van der Waals surface area contributed by atoms with Crippen molar-refractivity contribution in [1.29, 1.82) is 0 Å². The summed E-state index contributed by atoms with van der Waals surface area (Å²) in [4.78, 5) is 15.9. The second-order valence-electron chi connectivity index (χ2n) is 4.04. The highest BCUT2D eigenvalue weighted by molar-refractivity contribution is 5.93. The van der Waals surface area contributed by atoms with Crippen molar-refractivity contribution in [3.8, 4) is 5.69 Å². The molecule has 5 heteroatoms. The summed E-state index contributed by atoms with van der Waals surface area (Å²) in [7, 11) is 0. The van der Waals surface area contributed by atoms with Gasteiger partial charge in [-0.05, 0) is 19.1 Å². The van der Waals surface area contributed by atoms with Crippen LogP contribution in [0.1, 0.15) is 17.4 Å². The van der Waals surface area contributed by atoms with Crippen molar-refractivity contribution >= 4 is 5.91 Å². The summed E-state index contributed by atoms with van der Waals surface area (Å²) in [6.07, 6.45) is 2.53. The zero-order valence-electron chi connectivity index (χ0n) is 10.1. The molecule has 1 aromatic carbocycles. The van der Waals surface area contributed by atoms with E-state index in [2.05, 4.69) is 10.3 Å². The largest absolute Gasteiger partial charge is 0.392 e. The van der Waals surface area contributed by atoms with Gasteiger partial charge < -0.3 is 10.4 Å². The normalized spacial score (nSPS) is 12.1. The van der Waals surface area contributed by atoms with Gasteiger partial charge in [0.15, 0.2) is 0 Å². The number of aliphatic hydroxyl groups is 1. The number of aliphatic hydroxyl groups excluding tert-OH is 1. The second kappa shape index (κ2) is 5.46. The lowest BCUT2D eigenvalue weighted by molar-refractivity contribution is 0.0917. The second-order valence-corrected chi connectivity index (χ2v) is 4.04. The summed E-state index contributed by atoms with van der Waals surface area (Å²) in [5.74, 6) is -0.253. The number of aromatic nitrogens is 2. The van der Waals surface area contributed by atoms with Gasteiger partial charge >= 0.3 is 0 Å². The van der Waals surface area contributed by atoms with E-state index in [1.807, 2.05) is 30.3 Å². The Morgan fingerprint density at radius 3 is 2.83 bits per heavy atom. The van der Waals surface area contributed by atoms with E-state index in [4.69, 9.17) is 5.11 Å². The van der Waals surface area contributed by atoms with E-state index in [0.29, 0.717) is 5.69 Å². The number of hydrogen-bond donors (Lipinski definition) is 2. The van der Waals surface area contributed by atoms with E-state index >= 15 is 0 Å². The number of para-hydroxylation sites is 1. The predicted octanol–water partition coefficient (Wildman–Crippen LogP) is 0.983. The van der Waals surface area contributed by atoms with Crippen LogP contribution in [0.2, 0.25) is 0 Å². The van der Waals surface area contributed by atoms with Gasteiger partial charge in [0.25, 0.3) is 5.91 Å².